The van der Waals surface area contributed by atoms with Gasteiger partial charge in [0.1, 0.15) is 5.82 Å². The number of carbonyl (C=O) groups excluding carboxylic acids is 1. The van der Waals surface area contributed by atoms with E-state index in [0.717, 1.165) is 12.1 Å². The number of nitrogens with zero attached hydrogens (tertiary/aromatic N) is 2. The van der Waals surface area contributed by atoms with Crippen LogP contribution in [0, 0.1) is 5.82 Å². The Bertz CT molecular complexity index is 1370. The van der Waals surface area contributed by atoms with Gasteiger partial charge in [-0.1, -0.05) is 12.1 Å². The number of anilines is 3. The molecule has 0 saturated carbocycles. The van der Waals surface area contributed by atoms with Gasteiger partial charge < -0.3 is 5.32 Å². The lowest BCUT2D eigenvalue weighted by Gasteiger charge is -2.14. The Morgan fingerprint density at radius 3 is 2.00 bits per heavy atom. The van der Waals surface area contributed by atoms with E-state index >= 15 is 0 Å². The van der Waals surface area contributed by atoms with Gasteiger partial charge in [0, 0.05) is 11.3 Å². The Morgan fingerprint density at radius 2 is 1.42 bits per heavy atom. The summed E-state index contributed by atoms with van der Waals surface area (Å²) in [6.07, 6.45) is 0. The summed E-state index contributed by atoms with van der Waals surface area (Å²) >= 11 is 0. The van der Waals surface area contributed by atoms with E-state index in [4.69, 9.17) is 0 Å². The van der Waals surface area contributed by atoms with Crippen molar-refractivity contribution >= 4 is 44.2 Å². The molecule has 0 spiro atoms. The van der Waals surface area contributed by atoms with E-state index in [1.807, 2.05) is 0 Å². The molecule has 9 heteroatoms. The fourth-order valence-corrected chi connectivity index (χ4v) is 3.89. The number of nitrogens with one attached hydrogen (secondary N) is 2. The average Bonchev–Trinajstić information content (AvgIpc) is 2.74. The quantitative estimate of drug-likeness (QED) is 0.431. The van der Waals surface area contributed by atoms with Crippen molar-refractivity contribution in [1.29, 1.82) is 0 Å². The lowest BCUT2D eigenvalue weighted by molar-refractivity contribution is 0.101. The molecule has 0 aliphatic rings. The minimum Gasteiger partial charge on any atom is -0.337 e. The highest BCUT2D eigenvalue weighted by atomic mass is 32.2. The molecule has 0 amide bonds. The lowest BCUT2D eigenvalue weighted by atomic mass is 10.1. The number of hydrogen-bond donors (Lipinski definition) is 2. The molecule has 3 aromatic carbocycles. The number of ketones is 1. The zero-order chi connectivity index (χ0) is 22.0. The van der Waals surface area contributed by atoms with E-state index in [-0.39, 0.29) is 22.3 Å². The molecule has 7 nitrogen and oxygen atoms in total. The number of halogens is 1. The predicted octanol–water partition coefficient (Wildman–Crippen LogP) is 4.52. The minimum atomic E-state index is -4.04. The van der Waals surface area contributed by atoms with Crippen LogP contribution in [0.25, 0.3) is 11.0 Å². The summed E-state index contributed by atoms with van der Waals surface area (Å²) in [5, 5.41) is 3.04. The summed E-state index contributed by atoms with van der Waals surface area (Å²) in [4.78, 5) is 20.3. The van der Waals surface area contributed by atoms with Gasteiger partial charge in [0.25, 0.3) is 10.0 Å². The summed E-state index contributed by atoms with van der Waals surface area (Å²) < 4.78 is 41.2. The highest BCUT2D eigenvalue weighted by Crippen LogP contribution is 2.27. The van der Waals surface area contributed by atoms with Crippen LogP contribution in [-0.4, -0.2) is 24.2 Å². The number of fused-ring (bicyclic) bond motifs is 1. The van der Waals surface area contributed by atoms with Crippen LogP contribution in [0.15, 0.2) is 77.7 Å². The molecule has 4 rings (SSSR count). The van der Waals surface area contributed by atoms with Gasteiger partial charge in [-0.05, 0) is 67.6 Å². The number of Topliss-reactive ketones (excluding diaryl/α,β-unsaturated/α-hetero) is 1. The van der Waals surface area contributed by atoms with Crippen molar-refractivity contribution in [2.75, 3.05) is 10.0 Å². The van der Waals surface area contributed by atoms with Gasteiger partial charge in [-0.2, -0.15) is 0 Å². The first-order valence-corrected chi connectivity index (χ1v) is 10.7. The monoisotopic (exact) mass is 436 g/mol. The number of hydrogen-bond acceptors (Lipinski definition) is 6. The second kappa shape index (κ2) is 8.11. The molecule has 156 valence electrons. The molecule has 0 saturated heterocycles. The van der Waals surface area contributed by atoms with Gasteiger partial charge in [-0.3, -0.25) is 9.52 Å². The Balaban J connectivity index is 1.74. The molecule has 0 aliphatic heterocycles. The summed E-state index contributed by atoms with van der Waals surface area (Å²) in [6, 6.07) is 18.2. The van der Waals surface area contributed by atoms with Crippen LogP contribution in [0.1, 0.15) is 17.3 Å². The largest absolute Gasteiger partial charge is 0.337 e. The van der Waals surface area contributed by atoms with Crippen molar-refractivity contribution in [2.24, 2.45) is 0 Å². The van der Waals surface area contributed by atoms with Gasteiger partial charge in [0.05, 0.1) is 15.9 Å². The van der Waals surface area contributed by atoms with E-state index in [0.29, 0.717) is 22.3 Å². The zero-order valence-corrected chi connectivity index (χ0v) is 17.2. The number of aromatic nitrogens is 2. The fourth-order valence-electron chi connectivity index (χ4n) is 2.88. The van der Waals surface area contributed by atoms with Crippen LogP contribution in [0.2, 0.25) is 0 Å². The molecule has 0 atom stereocenters. The van der Waals surface area contributed by atoms with Crippen LogP contribution >= 0.6 is 0 Å². The van der Waals surface area contributed by atoms with Crippen LogP contribution in [0.5, 0.6) is 0 Å². The van der Waals surface area contributed by atoms with E-state index in [1.54, 1.807) is 48.5 Å². The lowest BCUT2D eigenvalue weighted by Crippen LogP contribution is -2.16. The van der Waals surface area contributed by atoms with Crippen molar-refractivity contribution in [3.05, 3.63) is 84.2 Å². The van der Waals surface area contributed by atoms with E-state index < -0.39 is 15.8 Å². The number of rotatable bonds is 6. The van der Waals surface area contributed by atoms with E-state index in [1.165, 1.54) is 19.1 Å². The molecule has 0 unspecified atom stereocenters. The number of benzene rings is 3. The topological polar surface area (TPSA) is 101 Å². The van der Waals surface area contributed by atoms with E-state index in [2.05, 4.69) is 20.0 Å². The standard InChI is InChI=1S/C22H17FN4O3S/c1-14(28)15-6-10-17(11-7-15)24-21-22(26-20-5-3-2-4-19(20)25-21)27-31(29,30)18-12-8-16(23)9-13-18/h2-13H,1H3,(H,24,25)(H,26,27). The summed E-state index contributed by atoms with van der Waals surface area (Å²) in [7, 11) is -4.04. The van der Waals surface area contributed by atoms with Crippen molar-refractivity contribution in [2.45, 2.75) is 11.8 Å². The maximum Gasteiger partial charge on any atom is 0.263 e. The van der Waals surface area contributed by atoms with Gasteiger partial charge in [-0.25, -0.2) is 22.8 Å². The number of carbonyl (C=O) groups is 1. The van der Waals surface area contributed by atoms with Crippen molar-refractivity contribution in [3.63, 3.8) is 0 Å². The molecule has 0 fully saturated rings. The normalized spacial score (nSPS) is 11.3. The first-order valence-electron chi connectivity index (χ1n) is 9.25. The SMILES string of the molecule is CC(=O)c1ccc(Nc2nc3ccccc3nc2NS(=O)(=O)c2ccc(F)cc2)cc1. The molecule has 0 aliphatic carbocycles. The Morgan fingerprint density at radius 1 is 0.839 bits per heavy atom. The van der Waals surface area contributed by atoms with Crippen LogP contribution < -0.4 is 10.0 Å². The molecule has 0 bridgehead atoms. The number of para-hydroxylation sites is 2. The molecule has 2 N–H and O–H groups in total. The van der Waals surface area contributed by atoms with Crippen molar-refractivity contribution in [3.8, 4) is 0 Å². The molecule has 1 heterocycles. The predicted molar refractivity (Wildman–Crippen MR) is 116 cm³/mol. The van der Waals surface area contributed by atoms with Gasteiger partial charge in [0.2, 0.25) is 0 Å². The van der Waals surface area contributed by atoms with E-state index in [9.17, 15) is 17.6 Å². The molecular formula is C22H17FN4O3S. The van der Waals surface area contributed by atoms with Crippen molar-refractivity contribution < 1.29 is 17.6 Å². The Labute approximate surface area is 178 Å². The molecule has 31 heavy (non-hydrogen) atoms. The highest BCUT2D eigenvalue weighted by Gasteiger charge is 2.19. The Hall–Kier alpha value is -3.85. The van der Waals surface area contributed by atoms with Gasteiger partial charge in [0.15, 0.2) is 17.4 Å². The van der Waals surface area contributed by atoms with Crippen molar-refractivity contribution in [1.82, 2.24) is 9.97 Å². The fraction of sp³-hybridized carbons (Fsp3) is 0.0455. The second-order valence-electron chi connectivity index (χ2n) is 6.73. The van der Waals surface area contributed by atoms with Crippen LogP contribution in [-0.2, 0) is 10.0 Å². The first-order chi connectivity index (χ1) is 14.8. The summed E-state index contributed by atoms with van der Waals surface area (Å²) in [5.74, 6) is -0.441. The third kappa shape index (κ3) is 4.51. The first kappa shape index (κ1) is 20.4. The summed E-state index contributed by atoms with van der Waals surface area (Å²) in [6.45, 7) is 1.47. The molecule has 4 aromatic rings. The molecule has 0 radical (unpaired) electrons. The van der Waals surface area contributed by atoms with Crippen LogP contribution in [0.4, 0.5) is 21.7 Å². The third-order valence-corrected chi connectivity index (χ3v) is 5.83. The second-order valence-corrected chi connectivity index (χ2v) is 8.41. The molecular weight excluding hydrogens is 419 g/mol. The third-order valence-electron chi connectivity index (χ3n) is 4.48. The average molecular weight is 436 g/mol. The molecule has 1 aromatic heterocycles. The smallest absolute Gasteiger partial charge is 0.263 e. The van der Waals surface area contributed by atoms with Crippen LogP contribution in [0.3, 0.4) is 0 Å². The van der Waals surface area contributed by atoms with Gasteiger partial charge in [-0.15, -0.1) is 0 Å². The maximum absolute atomic E-state index is 13.2. The number of sulfonamides is 1. The van der Waals surface area contributed by atoms with Gasteiger partial charge >= 0.3 is 0 Å². The Kier molecular flexibility index (Phi) is 5.35. The summed E-state index contributed by atoms with van der Waals surface area (Å²) in [5.41, 5.74) is 2.20. The minimum absolute atomic E-state index is 0.0151. The highest BCUT2D eigenvalue weighted by molar-refractivity contribution is 7.92. The zero-order valence-electron chi connectivity index (χ0n) is 16.3. The maximum atomic E-state index is 13.2.